The largest absolute Gasteiger partial charge is 0.518 e. The summed E-state index contributed by atoms with van der Waals surface area (Å²) in [6.07, 6.45) is 15.7. The third-order valence-corrected chi connectivity index (χ3v) is 16.2. The summed E-state index contributed by atoms with van der Waals surface area (Å²) in [5.41, 5.74) is -2.72. The third kappa shape index (κ3) is 78.2. The molecule has 0 saturated carbocycles. The lowest BCUT2D eigenvalue weighted by Crippen LogP contribution is -2.19. The first-order valence-electron chi connectivity index (χ1n) is 44.1. The minimum Gasteiger partial charge on any atom is -0.465 e. The molecule has 0 amide bonds. The number of unbranched alkanes of at least 4 members (excludes halogenated alkanes) is 20. The van der Waals surface area contributed by atoms with E-state index in [1.54, 1.807) is 27.7 Å². The molecule has 0 aliphatic heterocycles. The normalized spacial score (nSPS) is 9.98. The van der Waals surface area contributed by atoms with E-state index in [-0.39, 0.29) is 180 Å². The monoisotopic (exact) mass is 1890 g/mol. The summed E-state index contributed by atoms with van der Waals surface area (Å²) in [5, 5.41) is 33.5. The molecule has 0 unspecified atom stereocenters. The quantitative estimate of drug-likeness (QED) is 0.0110. The van der Waals surface area contributed by atoms with Crippen LogP contribution in [0.5, 0.6) is 0 Å². The highest BCUT2D eigenvalue weighted by Crippen LogP contribution is 2.13. The smallest absolute Gasteiger partial charge is 0.465 e. The molecule has 0 saturated heterocycles. The van der Waals surface area contributed by atoms with Gasteiger partial charge in [-0.25, -0.2) is 76.7 Å². The number of hydrogen-bond acceptors (Lipinski definition) is 41. The molecule has 0 heterocycles. The Hall–Kier alpha value is -11.7. The van der Waals surface area contributed by atoms with Gasteiger partial charge in [0.25, 0.3) is 0 Å². The molecule has 0 aromatic carbocycles. The van der Waals surface area contributed by atoms with Gasteiger partial charge in [-0.1, -0.05) is 85.6 Å². The Morgan fingerprint density at radius 3 is 0.470 bits per heavy atom. The van der Waals surface area contributed by atoms with Gasteiger partial charge in [0.15, 0.2) is 0 Å². The molecule has 0 rings (SSSR count). The molecule has 0 spiro atoms. The number of ether oxygens (including phenoxy) is 19. The fourth-order valence-corrected chi connectivity index (χ4v) is 8.80. The zero-order valence-electron chi connectivity index (χ0n) is 77.8. The topological polar surface area (TPSA) is 564 Å². The Labute approximate surface area is 772 Å². The molecule has 4 N–H and O–H groups in total. The lowest BCUT2D eigenvalue weighted by molar-refractivity contribution is -0.155. The summed E-state index contributed by atoms with van der Waals surface area (Å²) >= 11 is 0. The standard InChI is InChI=1S/C48H70O21.C17H24O8.C13H24O6.C8H12O4.C5H12O2/c1-7-9-15-25-59-39(49)35(3)41(51)61-27-17-11-19-29-63-43(53)37(5)45(55)65-31-21-13-23-33-67-47(57)69-48(58)68-34-24-14-22-32-66-46(56)38(6)44(54)64-30-20-12-18-28-62-42(52)36(4)40(50)60-26-16-10-8-2;1-5-22-14(18)12(3)16(20)24-10-8-7-9-11-25-17(21)13(4)15(19)23-6-2;14-7-3-1-5-9-18-12(16)11-13(17)19-10-6-2-4-8-15;1-4-11-7(9)6(3)8(10)12-5-2;6-4-2-1-3-5-7/h3-34H2,1-2H3;3-11H2,1-2H3;14-15H,1-11H2;3-5H2,1-2H3;6-7H,1-5H2. The van der Waals surface area contributed by atoms with E-state index in [4.69, 9.17) is 86.7 Å². The van der Waals surface area contributed by atoms with Crippen LogP contribution in [-0.4, -0.2) is 274 Å². The third-order valence-electron chi connectivity index (χ3n) is 16.2. The predicted molar refractivity (Wildman–Crippen MR) is 469 cm³/mol. The molecular formula is C91H142O41. The molecule has 0 aromatic rings. The van der Waals surface area contributed by atoms with Crippen LogP contribution in [0, 0.1) is 0 Å². The molecule has 0 aromatic heterocycles. The van der Waals surface area contributed by atoms with Crippen LogP contribution in [0.4, 0.5) is 9.59 Å². The molecule has 0 aliphatic rings. The van der Waals surface area contributed by atoms with Gasteiger partial charge < -0.3 is 110 Å². The SMILES string of the molecule is C=C(C(=O)OCC)C(=O)OCC.C=C(C(=O)OCC)C(=O)OCCCCCOC(=O)C(=C)C(=O)OCC.C=C(C(=O)OCCCCC)C(=O)OCCCCCOC(=O)C(=C)C(=O)OCCCCCOC(=O)OC(=O)OCCCCCOC(=O)C(=C)C(=O)OCCCCCOC(=O)C(=C)C(=O)OCCCCC.O=C(CC(=O)OCCCCCO)OCCCCCO.OCCCCCO. The van der Waals surface area contributed by atoms with Crippen molar-refractivity contribution in [2.75, 3.05) is 145 Å². The number of carbonyl (C=O) groups is 18. The molecule has 132 heavy (non-hydrogen) atoms. The van der Waals surface area contributed by atoms with Gasteiger partial charge in [0.2, 0.25) is 0 Å². The van der Waals surface area contributed by atoms with Gasteiger partial charge >= 0.3 is 108 Å². The Balaban J connectivity index is -0.000000678. The molecule has 0 atom stereocenters. The molecule has 41 heteroatoms. The van der Waals surface area contributed by atoms with Crippen LogP contribution >= 0.6 is 0 Å². The van der Waals surface area contributed by atoms with Crippen molar-refractivity contribution in [2.45, 2.75) is 241 Å². The van der Waals surface area contributed by atoms with Crippen molar-refractivity contribution in [3.8, 4) is 0 Å². The summed E-state index contributed by atoms with van der Waals surface area (Å²) in [7, 11) is 0. The second-order valence-electron chi connectivity index (χ2n) is 27.3. The van der Waals surface area contributed by atoms with Gasteiger partial charge in [-0.05, 0) is 195 Å². The number of rotatable bonds is 72. The average molecular weight is 1890 g/mol. The second-order valence-corrected chi connectivity index (χ2v) is 27.3. The predicted octanol–water partition coefficient (Wildman–Crippen LogP) is 9.99. The molecule has 41 nitrogen and oxygen atoms in total. The fourth-order valence-electron chi connectivity index (χ4n) is 8.80. The van der Waals surface area contributed by atoms with Crippen molar-refractivity contribution in [1.29, 1.82) is 0 Å². The van der Waals surface area contributed by atoms with Crippen LogP contribution in [0.1, 0.15) is 241 Å². The molecular weight excluding hydrogens is 1750 g/mol. The first-order chi connectivity index (χ1) is 63.2. The van der Waals surface area contributed by atoms with E-state index in [0.717, 1.165) is 57.8 Å². The van der Waals surface area contributed by atoms with Crippen molar-refractivity contribution >= 4 is 108 Å². The van der Waals surface area contributed by atoms with E-state index in [9.17, 15) is 86.3 Å². The first-order valence-corrected chi connectivity index (χ1v) is 44.1. The highest BCUT2D eigenvalue weighted by molar-refractivity contribution is 6.16. The number of hydrogen-bond donors (Lipinski definition) is 4. The minimum atomic E-state index is -1.27. The van der Waals surface area contributed by atoms with E-state index >= 15 is 0 Å². The van der Waals surface area contributed by atoms with E-state index in [0.29, 0.717) is 135 Å². The van der Waals surface area contributed by atoms with Gasteiger partial charge in [-0.3, -0.25) is 9.59 Å². The minimum absolute atomic E-state index is 0.0187. The highest BCUT2D eigenvalue weighted by atomic mass is 16.8. The Morgan fingerprint density at radius 2 is 0.311 bits per heavy atom. The summed E-state index contributed by atoms with van der Waals surface area (Å²) in [6.45, 7) is 36.4. The molecule has 0 fully saturated rings. The van der Waals surface area contributed by atoms with Gasteiger partial charge in [-0.15, -0.1) is 0 Å². The molecule has 0 radical (unpaired) electrons. The van der Waals surface area contributed by atoms with Crippen LogP contribution in [0.3, 0.4) is 0 Å². The average Bonchev–Trinajstić information content (AvgIpc) is 0.934. The van der Waals surface area contributed by atoms with Crippen LogP contribution in [0.2, 0.25) is 0 Å². The van der Waals surface area contributed by atoms with Gasteiger partial charge in [0, 0.05) is 26.4 Å². The van der Waals surface area contributed by atoms with E-state index in [1.165, 1.54) is 0 Å². The van der Waals surface area contributed by atoms with Gasteiger partial charge in [0.05, 0.1) is 119 Å². The summed E-state index contributed by atoms with van der Waals surface area (Å²) in [5.74, 6) is -13.0. The fraction of sp³-hybridized carbons (Fsp3) is 0.648. The second kappa shape index (κ2) is 91.2. The lowest BCUT2D eigenvalue weighted by Gasteiger charge is -2.09. The molecule has 752 valence electrons. The Kier molecular flexibility index (Phi) is 89.0. The van der Waals surface area contributed by atoms with E-state index in [2.05, 4.69) is 69.7 Å². The summed E-state index contributed by atoms with van der Waals surface area (Å²) in [6, 6.07) is 0. The van der Waals surface area contributed by atoms with Crippen molar-refractivity contribution in [3.63, 3.8) is 0 Å². The molecule has 0 bridgehead atoms. The van der Waals surface area contributed by atoms with E-state index < -0.39 is 119 Å². The summed E-state index contributed by atoms with van der Waals surface area (Å²) in [4.78, 5) is 209. The number of esters is 16. The zero-order chi connectivity index (χ0) is 100. The van der Waals surface area contributed by atoms with Gasteiger partial charge in [-0.2, -0.15) is 0 Å². The van der Waals surface area contributed by atoms with Crippen molar-refractivity contribution in [1.82, 2.24) is 0 Å². The molecule has 0 aliphatic carbocycles. The highest BCUT2D eigenvalue weighted by Gasteiger charge is 2.25. The summed E-state index contributed by atoms with van der Waals surface area (Å²) < 4.78 is 91.8. The van der Waals surface area contributed by atoms with E-state index in [1.807, 2.05) is 13.8 Å². The number of aliphatic hydroxyl groups excluding tert-OH is 4. The maximum absolute atomic E-state index is 12.1. The van der Waals surface area contributed by atoms with Crippen molar-refractivity contribution in [2.24, 2.45) is 0 Å². The van der Waals surface area contributed by atoms with Crippen LogP contribution in [0.15, 0.2) is 85.1 Å². The van der Waals surface area contributed by atoms with Crippen LogP contribution in [-0.2, 0) is 167 Å². The maximum Gasteiger partial charge on any atom is 0.518 e. The van der Waals surface area contributed by atoms with Gasteiger partial charge in [0.1, 0.15) is 45.4 Å². The first kappa shape index (κ1) is 129. The number of carbonyl (C=O) groups excluding carboxylic acids is 18. The Morgan fingerprint density at radius 1 is 0.174 bits per heavy atom. The zero-order valence-corrected chi connectivity index (χ0v) is 77.8. The Bertz CT molecular complexity index is 3260. The number of aliphatic hydroxyl groups is 4. The lowest BCUT2D eigenvalue weighted by atomic mass is 10.2. The van der Waals surface area contributed by atoms with Crippen LogP contribution < -0.4 is 0 Å². The van der Waals surface area contributed by atoms with Crippen LogP contribution in [0.25, 0.3) is 0 Å². The van der Waals surface area contributed by atoms with Crippen molar-refractivity contribution in [3.05, 3.63) is 85.1 Å². The maximum atomic E-state index is 12.1. The van der Waals surface area contributed by atoms with Crippen molar-refractivity contribution < 1.29 is 197 Å².